The molecule has 2 rings (SSSR count). The number of nitrogens with zero attached hydrogens (tertiary/aromatic N) is 1. The molecule has 0 amide bonds. The van der Waals surface area contributed by atoms with Crippen LogP contribution in [0, 0.1) is 0 Å². The number of aromatic carboxylic acids is 1. The monoisotopic (exact) mass is 327 g/mol. The van der Waals surface area contributed by atoms with Crippen molar-refractivity contribution in [2.45, 2.75) is 0 Å². The summed E-state index contributed by atoms with van der Waals surface area (Å²) < 4.78 is 6.24. The molecule has 4 nitrogen and oxygen atoms in total. The minimum Gasteiger partial charge on any atom is -0.477 e. The van der Waals surface area contributed by atoms with E-state index in [2.05, 4.69) is 20.9 Å². The molecule has 1 heterocycles. The van der Waals surface area contributed by atoms with Gasteiger partial charge in [0.2, 0.25) is 0 Å². The highest BCUT2D eigenvalue weighted by molar-refractivity contribution is 9.10. The third-order valence-electron chi connectivity index (χ3n) is 2.08. The van der Waals surface area contributed by atoms with E-state index in [1.165, 1.54) is 18.3 Å². The van der Waals surface area contributed by atoms with Gasteiger partial charge < -0.3 is 9.84 Å². The molecule has 0 aliphatic carbocycles. The maximum atomic E-state index is 10.6. The Morgan fingerprint density at radius 3 is 2.67 bits per heavy atom. The molecule has 1 aromatic carbocycles. The van der Waals surface area contributed by atoms with Crippen LogP contribution in [0.1, 0.15) is 10.5 Å². The standard InChI is InChI=1S/C12H7BrClNO3/c13-9-5-7(14)1-4-11(9)18-8-2-3-10(12(16)17)15-6-8/h1-6H,(H,16,17). The van der Waals surface area contributed by atoms with Crippen LogP contribution < -0.4 is 4.74 Å². The maximum Gasteiger partial charge on any atom is 0.354 e. The Morgan fingerprint density at radius 1 is 1.33 bits per heavy atom. The first kappa shape index (κ1) is 12.9. The topological polar surface area (TPSA) is 59.4 Å². The zero-order valence-corrected chi connectivity index (χ0v) is 11.3. The summed E-state index contributed by atoms with van der Waals surface area (Å²) in [5.41, 5.74) is -0.0301. The second-order valence-corrected chi connectivity index (χ2v) is 4.65. The van der Waals surface area contributed by atoms with Crippen LogP contribution in [-0.2, 0) is 0 Å². The van der Waals surface area contributed by atoms with Gasteiger partial charge in [0.05, 0.1) is 10.7 Å². The van der Waals surface area contributed by atoms with Crippen molar-refractivity contribution in [3.8, 4) is 11.5 Å². The van der Waals surface area contributed by atoms with Gasteiger partial charge in [-0.1, -0.05) is 11.6 Å². The number of carboxylic acids is 1. The number of carboxylic acid groups (broad SMARTS) is 1. The Morgan fingerprint density at radius 2 is 2.11 bits per heavy atom. The number of halogens is 2. The lowest BCUT2D eigenvalue weighted by atomic mass is 10.3. The normalized spacial score (nSPS) is 10.1. The molecular weight excluding hydrogens is 321 g/mol. The van der Waals surface area contributed by atoms with Crippen LogP contribution in [0.2, 0.25) is 5.02 Å². The van der Waals surface area contributed by atoms with Crippen molar-refractivity contribution in [1.29, 1.82) is 0 Å². The van der Waals surface area contributed by atoms with E-state index in [-0.39, 0.29) is 5.69 Å². The number of aromatic nitrogens is 1. The van der Waals surface area contributed by atoms with Crippen LogP contribution in [-0.4, -0.2) is 16.1 Å². The minimum absolute atomic E-state index is 0.0301. The van der Waals surface area contributed by atoms with Gasteiger partial charge in [-0.2, -0.15) is 0 Å². The predicted octanol–water partition coefficient (Wildman–Crippen LogP) is 3.99. The highest BCUT2D eigenvalue weighted by atomic mass is 79.9. The number of carbonyl (C=O) groups is 1. The summed E-state index contributed by atoms with van der Waals surface area (Å²) in [5.74, 6) is -0.0541. The van der Waals surface area contributed by atoms with Crippen LogP contribution in [0.5, 0.6) is 11.5 Å². The first-order chi connectivity index (χ1) is 8.56. The molecule has 0 unspecified atom stereocenters. The van der Waals surface area contributed by atoms with Gasteiger partial charge in [-0.05, 0) is 46.3 Å². The van der Waals surface area contributed by atoms with Gasteiger partial charge in [0, 0.05) is 5.02 Å². The lowest BCUT2D eigenvalue weighted by molar-refractivity contribution is 0.0690. The third kappa shape index (κ3) is 3.00. The van der Waals surface area contributed by atoms with Crippen LogP contribution in [0.4, 0.5) is 0 Å². The van der Waals surface area contributed by atoms with Crippen molar-refractivity contribution in [1.82, 2.24) is 4.98 Å². The largest absolute Gasteiger partial charge is 0.477 e. The summed E-state index contributed by atoms with van der Waals surface area (Å²) in [6, 6.07) is 8.02. The van der Waals surface area contributed by atoms with Crippen molar-refractivity contribution in [2.24, 2.45) is 0 Å². The molecule has 1 N–H and O–H groups in total. The summed E-state index contributed by atoms with van der Waals surface area (Å²) >= 11 is 9.13. The molecule has 0 saturated heterocycles. The number of benzene rings is 1. The maximum absolute atomic E-state index is 10.6. The Hall–Kier alpha value is -1.59. The molecule has 0 aliphatic heterocycles. The molecule has 0 spiro atoms. The highest BCUT2D eigenvalue weighted by Crippen LogP contribution is 2.31. The third-order valence-corrected chi connectivity index (χ3v) is 2.93. The second kappa shape index (κ2) is 5.37. The van der Waals surface area contributed by atoms with E-state index in [1.54, 1.807) is 18.2 Å². The molecule has 0 bridgehead atoms. The minimum atomic E-state index is -1.07. The molecule has 2 aromatic rings. The molecule has 1 aromatic heterocycles. The number of ether oxygens (including phenoxy) is 1. The smallest absolute Gasteiger partial charge is 0.354 e. The molecule has 92 valence electrons. The van der Waals surface area contributed by atoms with Crippen LogP contribution in [0.3, 0.4) is 0 Å². The second-order valence-electron chi connectivity index (χ2n) is 3.36. The molecule has 0 atom stereocenters. The van der Waals surface area contributed by atoms with Crippen LogP contribution in [0.25, 0.3) is 0 Å². The van der Waals surface area contributed by atoms with E-state index in [0.717, 1.165) is 0 Å². The van der Waals surface area contributed by atoms with Gasteiger partial charge in [0.1, 0.15) is 17.2 Å². The molecule has 0 fully saturated rings. The van der Waals surface area contributed by atoms with Crippen LogP contribution >= 0.6 is 27.5 Å². The Labute approximate surface area is 116 Å². The predicted molar refractivity (Wildman–Crippen MR) is 70.4 cm³/mol. The van der Waals surface area contributed by atoms with Gasteiger partial charge in [0.15, 0.2) is 0 Å². The van der Waals surface area contributed by atoms with E-state index in [9.17, 15) is 4.79 Å². The lowest BCUT2D eigenvalue weighted by Gasteiger charge is -2.07. The quantitative estimate of drug-likeness (QED) is 0.925. The molecular formula is C12H7BrClNO3. The fourth-order valence-electron chi connectivity index (χ4n) is 1.25. The zero-order valence-electron chi connectivity index (χ0n) is 8.93. The van der Waals surface area contributed by atoms with Gasteiger partial charge in [-0.25, -0.2) is 9.78 Å². The summed E-state index contributed by atoms with van der Waals surface area (Å²) in [4.78, 5) is 14.4. The molecule has 0 aliphatic rings. The van der Waals surface area contributed by atoms with Crippen LogP contribution in [0.15, 0.2) is 41.0 Å². The van der Waals surface area contributed by atoms with E-state index in [1.807, 2.05) is 0 Å². The van der Waals surface area contributed by atoms with Crippen molar-refractivity contribution in [3.05, 3.63) is 51.7 Å². The van der Waals surface area contributed by atoms with Crippen molar-refractivity contribution in [2.75, 3.05) is 0 Å². The number of pyridine rings is 1. The van der Waals surface area contributed by atoms with E-state index in [0.29, 0.717) is 21.0 Å². The SMILES string of the molecule is O=C(O)c1ccc(Oc2ccc(Cl)cc2Br)cn1. The average Bonchev–Trinajstić information content (AvgIpc) is 2.33. The first-order valence-electron chi connectivity index (χ1n) is 4.88. The van der Waals surface area contributed by atoms with Crippen molar-refractivity contribution in [3.63, 3.8) is 0 Å². The summed E-state index contributed by atoms with van der Waals surface area (Å²) in [7, 11) is 0. The number of hydrogen-bond acceptors (Lipinski definition) is 3. The first-order valence-corrected chi connectivity index (χ1v) is 6.05. The van der Waals surface area contributed by atoms with Gasteiger partial charge in [-0.3, -0.25) is 0 Å². The lowest BCUT2D eigenvalue weighted by Crippen LogP contribution is -1.99. The Kier molecular flexibility index (Phi) is 3.84. The van der Waals surface area contributed by atoms with Gasteiger partial charge in [-0.15, -0.1) is 0 Å². The molecule has 0 saturated carbocycles. The molecule has 18 heavy (non-hydrogen) atoms. The van der Waals surface area contributed by atoms with E-state index >= 15 is 0 Å². The number of rotatable bonds is 3. The molecule has 0 radical (unpaired) electrons. The average molecular weight is 329 g/mol. The van der Waals surface area contributed by atoms with Crippen molar-refractivity contribution < 1.29 is 14.6 Å². The summed E-state index contributed by atoms with van der Waals surface area (Å²) in [6.07, 6.45) is 1.35. The Bertz CT molecular complexity index is 586. The fourth-order valence-corrected chi connectivity index (χ4v) is 2.02. The Balaban J connectivity index is 2.21. The van der Waals surface area contributed by atoms with Gasteiger partial charge >= 0.3 is 5.97 Å². The van der Waals surface area contributed by atoms with E-state index in [4.69, 9.17) is 21.4 Å². The highest BCUT2D eigenvalue weighted by Gasteiger charge is 2.06. The van der Waals surface area contributed by atoms with Crippen molar-refractivity contribution >= 4 is 33.5 Å². The zero-order chi connectivity index (χ0) is 13.1. The number of hydrogen-bond donors (Lipinski definition) is 1. The van der Waals surface area contributed by atoms with E-state index < -0.39 is 5.97 Å². The fraction of sp³-hybridized carbons (Fsp3) is 0. The van der Waals surface area contributed by atoms with Gasteiger partial charge in [0.25, 0.3) is 0 Å². The molecule has 6 heteroatoms. The summed E-state index contributed by atoms with van der Waals surface area (Å²) in [6.45, 7) is 0. The summed E-state index contributed by atoms with van der Waals surface area (Å²) in [5, 5.41) is 9.31.